The average Bonchev–Trinajstić information content (AvgIpc) is 4.01. The molecular weight excluding hydrogens is 833 g/mol. The molecule has 8 rings (SSSR count). The number of thiazole rings is 1. The fourth-order valence-corrected chi connectivity index (χ4v) is 11.1. The topological polar surface area (TPSA) is 160 Å². The number of fused-ring (bicyclic) bond motifs is 6. The number of urea groups is 1. The highest BCUT2D eigenvalue weighted by Crippen LogP contribution is 2.42. The third-order valence-electron chi connectivity index (χ3n) is 13.7. The van der Waals surface area contributed by atoms with Crippen LogP contribution >= 0.6 is 11.3 Å². The number of nitrogens with zero attached hydrogens (tertiary/aromatic N) is 6. The maximum atomic E-state index is 14.8. The number of carbonyl (C=O) groups excluding carboxylic acids is 4. The molecule has 4 aromatic rings. The molecule has 7 heterocycles. The highest BCUT2D eigenvalue weighted by molar-refractivity contribution is 7.10. The van der Waals surface area contributed by atoms with Crippen LogP contribution in [0, 0.1) is 11.3 Å². The summed E-state index contributed by atoms with van der Waals surface area (Å²) in [7, 11) is 3.36. The summed E-state index contributed by atoms with van der Waals surface area (Å²) in [4.78, 5) is 69.7. The Morgan fingerprint density at radius 3 is 2.56 bits per heavy atom. The number of pyridine rings is 1. The molecule has 3 fully saturated rings. The van der Waals surface area contributed by atoms with Gasteiger partial charge in [-0.15, -0.1) is 11.3 Å². The number of hydrogen-bond acceptors (Lipinski definition) is 11. The largest absolute Gasteiger partial charge is 0.378 e. The second-order valence-corrected chi connectivity index (χ2v) is 20.3. The maximum absolute atomic E-state index is 14.8. The van der Waals surface area contributed by atoms with Crippen molar-refractivity contribution < 1.29 is 33.4 Å². The van der Waals surface area contributed by atoms with Crippen molar-refractivity contribution in [2.45, 2.75) is 116 Å². The van der Waals surface area contributed by atoms with Crippen LogP contribution in [-0.2, 0) is 48.0 Å². The Labute approximate surface area is 380 Å². The summed E-state index contributed by atoms with van der Waals surface area (Å²) >= 11 is 1.43. The van der Waals surface area contributed by atoms with E-state index >= 15 is 0 Å². The minimum absolute atomic E-state index is 0.0494. The third-order valence-corrected chi connectivity index (χ3v) is 14.6. The predicted octanol–water partition coefficient (Wildman–Crippen LogP) is 6.19. The van der Waals surface area contributed by atoms with Gasteiger partial charge in [-0.1, -0.05) is 33.8 Å². The quantitative estimate of drug-likeness (QED) is 0.186. The molecule has 3 aromatic heterocycles. The van der Waals surface area contributed by atoms with E-state index in [2.05, 4.69) is 60.3 Å². The molecule has 16 heteroatoms. The van der Waals surface area contributed by atoms with E-state index in [-0.39, 0.29) is 36.6 Å². The van der Waals surface area contributed by atoms with Gasteiger partial charge in [0.05, 0.1) is 60.2 Å². The average molecular weight is 897 g/mol. The molecule has 344 valence electrons. The highest BCUT2D eigenvalue weighted by atomic mass is 32.1. The first-order valence-corrected chi connectivity index (χ1v) is 23.7. The lowest BCUT2D eigenvalue weighted by Gasteiger charge is -2.47. The van der Waals surface area contributed by atoms with Crippen LogP contribution in [0.3, 0.4) is 0 Å². The van der Waals surface area contributed by atoms with Gasteiger partial charge in [-0.05, 0) is 87.1 Å². The summed E-state index contributed by atoms with van der Waals surface area (Å²) < 4.78 is 20.2. The second kappa shape index (κ2) is 18.3. The zero-order valence-corrected chi connectivity index (χ0v) is 39.4. The fourth-order valence-electron chi connectivity index (χ4n) is 10.3. The van der Waals surface area contributed by atoms with Crippen LogP contribution in [0.4, 0.5) is 4.79 Å². The minimum Gasteiger partial charge on any atom is -0.378 e. The number of likely N-dealkylation sites (tertiary alicyclic amines) is 1. The van der Waals surface area contributed by atoms with Crippen molar-refractivity contribution in [3.05, 3.63) is 58.2 Å². The van der Waals surface area contributed by atoms with Gasteiger partial charge in [0.1, 0.15) is 23.9 Å². The molecule has 0 unspecified atom stereocenters. The van der Waals surface area contributed by atoms with E-state index in [9.17, 15) is 19.2 Å². The summed E-state index contributed by atoms with van der Waals surface area (Å²) in [6, 6.07) is 8.41. The van der Waals surface area contributed by atoms with E-state index in [1.807, 2.05) is 43.3 Å². The molecule has 3 saturated heterocycles. The van der Waals surface area contributed by atoms with Crippen molar-refractivity contribution in [1.82, 2.24) is 40.1 Å². The Kier molecular flexibility index (Phi) is 13.1. The van der Waals surface area contributed by atoms with Crippen molar-refractivity contribution in [1.29, 1.82) is 0 Å². The highest BCUT2D eigenvalue weighted by Gasteiger charge is 2.51. The first-order chi connectivity index (χ1) is 30.6. The zero-order valence-electron chi connectivity index (χ0n) is 38.6. The Hall–Kier alpha value is -4.74. The lowest BCUT2D eigenvalue weighted by molar-refractivity contribution is -0.147. The van der Waals surface area contributed by atoms with Crippen LogP contribution in [0.25, 0.3) is 33.4 Å². The number of likely N-dealkylation sites (N-methyl/N-ethyl adjacent to an activating group) is 1. The van der Waals surface area contributed by atoms with Crippen LogP contribution < -0.4 is 10.7 Å². The van der Waals surface area contributed by atoms with Crippen molar-refractivity contribution in [2.24, 2.45) is 11.3 Å². The van der Waals surface area contributed by atoms with Gasteiger partial charge in [-0.2, -0.15) is 0 Å². The van der Waals surface area contributed by atoms with Gasteiger partial charge < -0.3 is 38.7 Å². The Morgan fingerprint density at radius 2 is 1.86 bits per heavy atom. The van der Waals surface area contributed by atoms with Crippen LogP contribution in [-0.4, -0.2) is 130 Å². The molecule has 4 amide bonds. The van der Waals surface area contributed by atoms with E-state index in [4.69, 9.17) is 24.2 Å². The normalized spacial score (nSPS) is 23.1. The summed E-state index contributed by atoms with van der Waals surface area (Å²) in [6.07, 6.45) is 5.95. The molecule has 1 spiro atoms. The number of aldehydes is 1. The van der Waals surface area contributed by atoms with Crippen molar-refractivity contribution in [3.63, 3.8) is 0 Å². The van der Waals surface area contributed by atoms with E-state index in [0.29, 0.717) is 57.2 Å². The molecule has 0 aliphatic carbocycles. The molecule has 6 bridgehead atoms. The number of rotatable bonds is 9. The van der Waals surface area contributed by atoms with E-state index in [0.717, 1.165) is 70.3 Å². The molecule has 64 heavy (non-hydrogen) atoms. The number of benzene rings is 1. The molecular formula is C48H64N8O7S. The monoisotopic (exact) mass is 896 g/mol. The van der Waals surface area contributed by atoms with Gasteiger partial charge in [0.15, 0.2) is 0 Å². The number of amides is 4. The Morgan fingerprint density at radius 1 is 1.09 bits per heavy atom. The molecule has 4 aliphatic rings. The second-order valence-electron chi connectivity index (χ2n) is 19.4. The summed E-state index contributed by atoms with van der Waals surface area (Å²) in [5.41, 5.74) is 8.25. The number of ether oxygens (including phenoxy) is 3. The summed E-state index contributed by atoms with van der Waals surface area (Å²) in [5, 5.41) is 8.29. The SMILES string of the molecule is CCn1c(-c2cccnc2[C@H](C)OC)c2c3cc(ccc31)-c1csc(n1)C[C@H](NC(=O)[C@H](C(C)C)N(C)C(=O)N1CCCC13COC3)C(=O)N1CCC[C@](C=O)(COCC(C)(C)C2)N1. The van der Waals surface area contributed by atoms with Gasteiger partial charge in [-0.3, -0.25) is 19.6 Å². The maximum Gasteiger partial charge on any atom is 0.321 e. The lowest BCUT2D eigenvalue weighted by atomic mass is 9.84. The lowest BCUT2D eigenvalue weighted by Crippen LogP contribution is -2.67. The van der Waals surface area contributed by atoms with Gasteiger partial charge in [0.2, 0.25) is 5.91 Å². The Balaban J connectivity index is 1.19. The molecule has 0 radical (unpaired) electrons. The predicted molar refractivity (Wildman–Crippen MR) is 245 cm³/mol. The number of nitrogens with one attached hydrogen (secondary N) is 2. The van der Waals surface area contributed by atoms with Gasteiger partial charge in [0.25, 0.3) is 5.91 Å². The van der Waals surface area contributed by atoms with E-state index in [1.54, 1.807) is 14.2 Å². The van der Waals surface area contributed by atoms with Gasteiger partial charge in [0, 0.05) is 73.8 Å². The number of hydrogen-bond donors (Lipinski definition) is 2. The number of carbonyl (C=O) groups is 4. The van der Waals surface area contributed by atoms with Crippen molar-refractivity contribution >= 4 is 46.4 Å². The van der Waals surface area contributed by atoms with E-state index < -0.39 is 34.9 Å². The minimum atomic E-state index is -1.17. The number of aromatic nitrogens is 3. The first kappa shape index (κ1) is 45.8. The summed E-state index contributed by atoms with van der Waals surface area (Å²) in [5.74, 6) is -1.09. The van der Waals surface area contributed by atoms with Crippen LogP contribution in [0.15, 0.2) is 41.9 Å². The molecule has 1 aromatic carbocycles. The zero-order chi connectivity index (χ0) is 45.6. The van der Waals surface area contributed by atoms with Crippen molar-refractivity contribution in [3.8, 4) is 22.5 Å². The Bertz CT molecular complexity index is 2390. The van der Waals surface area contributed by atoms with Crippen molar-refractivity contribution in [2.75, 3.05) is 53.7 Å². The van der Waals surface area contributed by atoms with Crippen LogP contribution in [0.2, 0.25) is 0 Å². The molecule has 15 nitrogen and oxygen atoms in total. The first-order valence-electron chi connectivity index (χ1n) is 22.8. The third kappa shape index (κ3) is 8.59. The molecule has 0 saturated carbocycles. The molecule has 4 atom stereocenters. The summed E-state index contributed by atoms with van der Waals surface area (Å²) in [6.45, 7) is 15.4. The fraction of sp³-hybridized carbons (Fsp3) is 0.583. The number of hydrazine groups is 1. The molecule has 4 aliphatic heterocycles. The smallest absolute Gasteiger partial charge is 0.321 e. The standard InChI is InChI=1S/C48H64N8O7S/c1-9-54-38-15-14-32-21-34(38)35(42(54)33-13-10-18-49-40(33)31(4)61-8)23-46(5,6)26-62-27-47(25-57)16-11-20-56(52-47)44(59)36(22-39-50-37(32)24-64-39)51-43(58)41(30(2)3)53(7)45(60)55-19-12-17-48(55)28-63-29-48/h10,13-15,18,21,24-25,30-31,36,41,52H,9,11-12,16-17,19-20,22-23,26-29H2,1-8H3,(H,51,58)/t31-,36-,41-,47-/m0/s1. The van der Waals surface area contributed by atoms with E-state index in [1.165, 1.54) is 21.2 Å². The van der Waals surface area contributed by atoms with Crippen LogP contribution in [0.1, 0.15) is 89.6 Å². The number of methoxy groups -OCH3 is 1. The number of aryl methyl sites for hydroxylation is 1. The van der Waals surface area contributed by atoms with Crippen LogP contribution in [0.5, 0.6) is 0 Å². The van der Waals surface area contributed by atoms with Gasteiger partial charge >= 0.3 is 6.03 Å². The molecule has 2 N–H and O–H groups in total. The van der Waals surface area contributed by atoms with Gasteiger partial charge in [-0.25, -0.2) is 15.2 Å².